The Morgan fingerprint density at radius 1 is 0.500 bits per heavy atom. The first-order valence-electron chi connectivity index (χ1n) is 10.9. The molecule has 2 nitrogen and oxygen atoms in total. The fourth-order valence-corrected chi connectivity index (χ4v) is 2.78. The Labute approximate surface area is 154 Å². The molecule has 0 aliphatic rings. The van der Waals surface area contributed by atoms with Gasteiger partial charge in [-0.1, -0.05) is 97.3 Å². The van der Waals surface area contributed by atoms with E-state index in [4.69, 9.17) is 0 Å². The van der Waals surface area contributed by atoms with Crippen molar-refractivity contribution in [2.24, 2.45) is 0 Å². The van der Waals surface area contributed by atoms with Gasteiger partial charge in [0, 0.05) is 0 Å². The fourth-order valence-electron chi connectivity index (χ4n) is 2.78. The minimum atomic E-state index is 0.0694. The highest BCUT2D eigenvalue weighted by atomic mass is 16.2. The Morgan fingerprint density at radius 2 is 0.792 bits per heavy atom. The van der Waals surface area contributed by atoms with E-state index in [-0.39, 0.29) is 6.61 Å². The summed E-state index contributed by atoms with van der Waals surface area (Å²) in [5, 5.41) is 9.30. The predicted molar refractivity (Wildman–Crippen MR) is 108 cm³/mol. The average Bonchev–Trinajstić information content (AvgIpc) is 2.54. The molecule has 0 fully saturated rings. The molecule has 0 saturated carbocycles. The monoisotopic (exact) mass is 343 g/mol. The molecule has 148 valence electrons. The molecule has 0 amide bonds. The molecule has 0 aliphatic heterocycles. The number of nitrogens with zero attached hydrogens (tertiary/aromatic N) is 1. The lowest BCUT2D eigenvalue weighted by atomic mass is 10.0. The van der Waals surface area contributed by atoms with E-state index in [0.717, 1.165) is 10.9 Å². The van der Waals surface area contributed by atoms with Crippen LogP contribution in [0.4, 0.5) is 0 Å². The third-order valence-corrected chi connectivity index (χ3v) is 4.39. The minimum absolute atomic E-state index is 0.0694. The second-order valence-electron chi connectivity index (χ2n) is 8.31. The van der Waals surface area contributed by atoms with Crippen molar-refractivity contribution in [3.8, 4) is 0 Å². The Hall–Kier alpha value is -0.0800. The van der Waals surface area contributed by atoms with Crippen LogP contribution in [0.1, 0.15) is 110 Å². The molecule has 0 spiro atoms. The molecular formula is C22H49NO. The number of rotatable bonds is 16. The normalized spacial score (nSPS) is 11.2. The van der Waals surface area contributed by atoms with Gasteiger partial charge in [0.15, 0.2) is 0 Å². The van der Waals surface area contributed by atoms with E-state index >= 15 is 0 Å². The lowest BCUT2D eigenvalue weighted by Crippen LogP contribution is -2.35. The summed E-state index contributed by atoms with van der Waals surface area (Å²) in [6.07, 6.45) is 21.1. The maximum Gasteiger partial charge on any atom is 0.0780 e. The molecule has 0 saturated heterocycles. The summed E-state index contributed by atoms with van der Waals surface area (Å²) in [4.78, 5) is 0. The zero-order valence-corrected chi connectivity index (χ0v) is 17.9. The Bertz CT molecular complexity index is 209. The highest BCUT2D eigenvalue weighted by Crippen LogP contribution is 2.13. The molecule has 0 N–H and O–H groups in total. The lowest BCUT2D eigenvalue weighted by molar-refractivity contribution is -0.870. The van der Waals surface area contributed by atoms with Crippen LogP contribution < -0.4 is 5.11 Å². The van der Waals surface area contributed by atoms with Crippen LogP contribution in [0, 0.1) is 0 Å². The van der Waals surface area contributed by atoms with Gasteiger partial charge in [-0.2, -0.15) is 0 Å². The summed E-state index contributed by atoms with van der Waals surface area (Å²) in [6, 6.07) is 0. The van der Waals surface area contributed by atoms with Crippen LogP contribution in [0.3, 0.4) is 0 Å². The van der Waals surface area contributed by atoms with Gasteiger partial charge in [-0.05, 0) is 12.8 Å². The molecule has 0 rings (SSSR count). The maximum absolute atomic E-state index is 9.30. The molecule has 0 bridgehead atoms. The quantitative estimate of drug-likeness (QED) is 0.251. The first-order chi connectivity index (χ1) is 11.5. The van der Waals surface area contributed by atoms with E-state index in [1.807, 2.05) is 6.92 Å². The van der Waals surface area contributed by atoms with Gasteiger partial charge in [-0.15, -0.1) is 6.61 Å². The van der Waals surface area contributed by atoms with Crippen molar-refractivity contribution >= 4 is 0 Å². The molecule has 0 unspecified atom stereocenters. The molecule has 0 aliphatic carbocycles. The van der Waals surface area contributed by atoms with E-state index in [1.54, 1.807) is 0 Å². The van der Waals surface area contributed by atoms with Crippen LogP contribution >= 0.6 is 0 Å². The maximum atomic E-state index is 9.30. The van der Waals surface area contributed by atoms with Crippen LogP contribution in [-0.2, 0) is 0 Å². The predicted octanol–water partition coefficient (Wildman–Crippen LogP) is 5.93. The van der Waals surface area contributed by atoms with E-state index in [2.05, 4.69) is 28.1 Å². The number of hydrogen-bond donors (Lipinski definition) is 0. The minimum Gasteiger partial charge on any atom is -0.854 e. The van der Waals surface area contributed by atoms with Gasteiger partial charge in [0.25, 0.3) is 0 Å². The number of unbranched alkanes of at least 4 members (excludes halogenated alkanes) is 13. The van der Waals surface area contributed by atoms with E-state index in [1.165, 1.54) is 96.4 Å². The van der Waals surface area contributed by atoms with Crippen molar-refractivity contribution in [2.45, 2.75) is 110 Å². The summed E-state index contributed by atoms with van der Waals surface area (Å²) in [5.74, 6) is 0. The summed E-state index contributed by atoms with van der Waals surface area (Å²) in [5.41, 5.74) is 0. The van der Waals surface area contributed by atoms with Gasteiger partial charge in [0.2, 0.25) is 0 Å². The molecule has 0 atom stereocenters. The van der Waals surface area contributed by atoms with Crippen LogP contribution in [0.25, 0.3) is 0 Å². The van der Waals surface area contributed by atoms with Crippen LogP contribution in [0.5, 0.6) is 0 Å². The van der Waals surface area contributed by atoms with Gasteiger partial charge in [-0.3, -0.25) is 0 Å². The molecule has 0 radical (unpaired) electrons. The molecule has 24 heavy (non-hydrogen) atoms. The Kier molecular flexibility index (Phi) is 22.8. The van der Waals surface area contributed by atoms with E-state index < -0.39 is 0 Å². The summed E-state index contributed by atoms with van der Waals surface area (Å²) in [7, 11) is 6.88. The topological polar surface area (TPSA) is 23.1 Å². The third-order valence-electron chi connectivity index (χ3n) is 4.39. The molecular weight excluding hydrogens is 294 g/mol. The van der Waals surface area contributed by atoms with Crippen LogP contribution in [0.15, 0.2) is 0 Å². The second kappa shape index (κ2) is 21.0. The summed E-state index contributed by atoms with van der Waals surface area (Å²) >= 11 is 0. The van der Waals surface area contributed by atoms with Crippen LogP contribution in [-0.4, -0.2) is 38.8 Å². The van der Waals surface area contributed by atoms with Crippen molar-refractivity contribution in [3.63, 3.8) is 0 Å². The lowest BCUT2D eigenvalue weighted by Gasteiger charge is -2.23. The highest BCUT2D eigenvalue weighted by molar-refractivity contribution is 4.49. The Balaban J connectivity index is 0. The number of quaternary nitrogens is 1. The van der Waals surface area contributed by atoms with Gasteiger partial charge in [-0.25, -0.2) is 0 Å². The first kappa shape index (κ1) is 26.2. The van der Waals surface area contributed by atoms with Crippen molar-refractivity contribution in [1.29, 1.82) is 0 Å². The van der Waals surface area contributed by atoms with Crippen molar-refractivity contribution in [1.82, 2.24) is 0 Å². The smallest absolute Gasteiger partial charge is 0.0780 e. The molecule has 0 aromatic rings. The van der Waals surface area contributed by atoms with Gasteiger partial charge >= 0.3 is 0 Å². The van der Waals surface area contributed by atoms with Gasteiger partial charge < -0.3 is 9.59 Å². The third kappa shape index (κ3) is 29.9. The van der Waals surface area contributed by atoms with Crippen molar-refractivity contribution < 1.29 is 9.59 Å². The largest absolute Gasteiger partial charge is 0.854 e. The highest BCUT2D eigenvalue weighted by Gasteiger charge is 2.04. The van der Waals surface area contributed by atoms with Gasteiger partial charge in [0.05, 0.1) is 27.7 Å². The zero-order chi connectivity index (χ0) is 18.5. The molecule has 2 heteroatoms. The van der Waals surface area contributed by atoms with Gasteiger partial charge in [0.1, 0.15) is 0 Å². The molecule has 0 aromatic carbocycles. The van der Waals surface area contributed by atoms with E-state index in [9.17, 15) is 5.11 Å². The number of hydrogen-bond acceptors (Lipinski definition) is 1. The van der Waals surface area contributed by atoms with Crippen molar-refractivity contribution in [3.05, 3.63) is 0 Å². The summed E-state index contributed by atoms with van der Waals surface area (Å²) in [6.45, 7) is 5.56. The Morgan fingerprint density at radius 3 is 1.04 bits per heavy atom. The first-order valence-corrected chi connectivity index (χ1v) is 10.9. The fraction of sp³-hybridized carbons (Fsp3) is 1.00. The SMILES string of the molecule is CCCCCCCCCCCCCCCC[N+](C)(C)C.CCC[O-]. The second-order valence-corrected chi connectivity index (χ2v) is 8.31. The van der Waals surface area contributed by atoms with Crippen molar-refractivity contribution in [2.75, 3.05) is 34.3 Å². The molecule has 0 heterocycles. The zero-order valence-electron chi connectivity index (χ0n) is 17.9. The molecule has 0 aromatic heterocycles. The average molecular weight is 344 g/mol. The summed E-state index contributed by atoms with van der Waals surface area (Å²) < 4.78 is 1.12. The van der Waals surface area contributed by atoms with E-state index in [0.29, 0.717) is 0 Å². The standard InChI is InChI=1S/C19H42N.C3H7O/c1-5-6-7-8-9-10-11-12-13-14-15-16-17-18-19-20(2,3)4;1-2-3-4/h5-19H2,1-4H3;2-3H2,1H3/q+1;-1. The van der Waals surface area contributed by atoms with Crippen LogP contribution in [0.2, 0.25) is 0 Å².